The van der Waals surface area contributed by atoms with E-state index in [9.17, 15) is 4.79 Å². The molecule has 0 saturated carbocycles. The molecule has 0 bridgehead atoms. The van der Waals surface area contributed by atoms with Gasteiger partial charge in [-0.2, -0.15) is 0 Å². The molecule has 1 heterocycles. The molecule has 1 aromatic rings. The van der Waals surface area contributed by atoms with Crippen LogP contribution in [0, 0.1) is 0 Å². The van der Waals surface area contributed by atoms with Gasteiger partial charge in [0, 0.05) is 5.56 Å². The summed E-state index contributed by atoms with van der Waals surface area (Å²) in [7, 11) is 4.41. The Balaban J connectivity index is 2.50. The molecule has 0 fully saturated rings. The first-order chi connectivity index (χ1) is 10.7. The molecule has 0 aliphatic carbocycles. The Labute approximate surface area is 134 Å². The van der Waals surface area contributed by atoms with Crippen LogP contribution in [-0.4, -0.2) is 38.5 Å². The van der Waals surface area contributed by atoms with Crippen molar-refractivity contribution in [2.24, 2.45) is 0 Å². The maximum Gasteiger partial charge on any atom is 0.338 e. The van der Waals surface area contributed by atoms with Crippen molar-refractivity contribution in [2.45, 2.75) is 18.8 Å². The van der Waals surface area contributed by atoms with E-state index in [2.05, 4.69) is 6.92 Å². The highest BCUT2D eigenvalue weighted by Gasteiger charge is 2.28. The number of rotatable bonds is 6. The molecular formula is C16H20O5S. The van der Waals surface area contributed by atoms with Crippen molar-refractivity contribution in [1.82, 2.24) is 0 Å². The Kier molecular flexibility index (Phi) is 5.60. The minimum atomic E-state index is -0.440. The molecule has 0 saturated heterocycles. The molecule has 120 valence electrons. The van der Waals surface area contributed by atoms with Crippen molar-refractivity contribution in [3.63, 3.8) is 0 Å². The summed E-state index contributed by atoms with van der Waals surface area (Å²) in [6, 6.07) is 1.61. The van der Waals surface area contributed by atoms with Crippen molar-refractivity contribution in [3.05, 3.63) is 23.3 Å². The van der Waals surface area contributed by atoms with Gasteiger partial charge in [0.2, 0.25) is 5.75 Å². The van der Waals surface area contributed by atoms with Crippen LogP contribution in [-0.2, 0) is 4.74 Å². The van der Waals surface area contributed by atoms with E-state index in [1.54, 1.807) is 24.9 Å². The Hall–Kier alpha value is -1.82. The van der Waals surface area contributed by atoms with Crippen LogP contribution in [0.15, 0.2) is 12.1 Å². The molecule has 0 radical (unpaired) electrons. The second kappa shape index (κ2) is 7.45. The smallest absolute Gasteiger partial charge is 0.338 e. The van der Waals surface area contributed by atoms with Crippen molar-refractivity contribution in [3.8, 4) is 17.2 Å². The van der Waals surface area contributed by atoms with Crippen molar-refractivity contribution >= 4 is 23.8 Å². The van der Waals surface area contributed by atoms with Gasteiger partial charge < -0.3 is 18.9 Å². The first kappa shape index (κ1) is 16.5. The third kappa shape index (κ3) is 3.16. The average molecular weight is 324 g/mol. The van der Waals surface area contributed by atoms with Crippen LogP contribution in [0.2, 0.25) is 0 Å². The molecule has 0 aromatic heterocycles. The Morgan fingerprint density at radius 2 is 2.09 bits per heavy atom. The first-order valence-corrected chi connectivity index (χ1v) is 8.04. The maximum absolute atomic E-state index is 12.0. The number of hydrogen-bond donors (Lipinski definition) is 0. The summed E-state index contributed by atoms with van der Waals surface area (Å²) in [5.41, 5.74) is 0.933. The fourth-order valence-electron chi connectivity index (χ4n) is 2.19. The highest BCUT2D eigenvalue weighted by Crippen LogP contribution is 2.46. The van der Waals surface area contributed by atoms with E-state index >= 15 is 0 Å². The highest BCUT2D eigenvalue weighted by atomic mass is 32.2. The number of carbonyl (C=O) groups is 1. The Bertz CT molecular complexity index is 582. The van der Waals surface area contributed by atoms with Crippen LogP contribution < -0.4 is 14.2 Å². The summed E-state index contributed by atoms with van der Waals surface area (Å²) in [5, 5.41) is 0. The predicted octanol–water partition coefficient (Wildman–Crippen LogP) is 3.37. The summed E-state index contributed by atoms with van der Waals surface area (Å²) in [6.45, 7) is 2.12. The molecule has 1 aliphatic rings. The second-order valence-electron chi connectivity index (χ2n) is 4.61. The molecule has 1 aromatic carbocycles. The van der Waals surface area contributed by atoms with Gasteiger partial charge in [0.15, 0.2) is 16.9 Å². The standard InChI is InChI=1S/C16H20O5S/c1-5-8-22-13-7-6-10-11(16(17)20-4)9-12(18-2)15(19-3)14(10)21-13/h6-7,9,13H,5,8H2,1-4H3. The summed E-state index contributed by atoms with van der Waals surface area (Å²) < 4.78 is 21.6. The van der Waals surface area contributed by atoms with Crippen molar-refractivity contribution in [2.75, 3.05) is 27.1 Å². The maximum atomic E-state index is 12.0. The van der Waals surface area contributed by atoms with Crippen LogP contribution in [0.5, 0.6) is 17.2 Å². The molecule has 2 rings (SSSR count). The third-order valence-corrected chi connectivity index (χ3v) is 4.44. The Morgan fingerprint density at radius 3 is 2.68 bits per heavy atom. The highest BCUT2D eigenvalue weighted by molar-refractivity contribution is 7.99. The van der Waals surface area contributed by atoms with E-state index in [1.807, 2.05) is 12.2 Å². The van der Waals surface area contributed by atoms with Crippen LogP contribution in [0.25, 0.3) is 6.08 Å². The van der Waals surface area contributed by atoms with Crippen molar-refractivity contribution in [1.29, 1.82) is 0 Å². The van der Waals surface area contributed by atoms with Gasteiger partial charge in [-0.3, -0.25) is 0 Å². The molecule has 6 heteroatoms. The molecule has 5 nitrogen and oxygen atoms in total. The van der Waals surface area contributed by atoms with Crippen LogP contribution in [0.4, 0.5) is 0 Å². The first-order valence-electron chi connectivity index (χ1n) is 7.00. The number of esters is 1. The van der Waals surface area contributed by atoms with Gasteiger partial charge in [-0.15, -0.1) is 11.8 Å². The van der Waals surface area contributed by atoms with Gasteiger partial charge in [-0.1, -0.05) is 6.92 Å². The summed E-state index contributed by atoms with van der Waals surface area (Å²) in [6.07, 6.45) is 4.87. The quantitative estimate of drug-likeness (QED) is 0.748. The molecule has 0 N–H and O–H groups in total. The normalized spacial score (nSPS) is 15.7. The van der Waals surface area contributed by atoms with Crippen LogP contribution in [0.3, 0.4) is 0 Å². The lowest BCUT2D eigenvalue weighted by atomic mass is 10.0. The topological polar surface area (TPSA) is 54.0 Å². The number of thioether (sulfide) groups is 1. The largest absolute Gasteiger partial charge is 0.493 e. The molecule has 22 heavy (non-hydrogen) atoms. The van der Waals surface area contributed by atoms with Gasteiger partial charge in [-0.05, 0) is 30.4 Å². The number of methoxy groups -OCH3 is 3. The van der Waals surface area contributed by atoms with E-state index in [0.717, 1.165) is 12.2 Å². The summed E-state index contributed by atoms with van der Waals surface area (Å²) in [4.78, 5) is 12.0. The second-order valence-corrected chi connectivity index (χ2v) is 5.82. The fourth-order valence-corrected chi connectivity index (χ4v) is 3.01. The van der Waals surface area contributed by atoms with Crippen LogP contribution >= 0.6 is 11.8 Å². The molecule has 1 aliphatic heterocycles. The fraction of sp³-hybridized carbons (Fsp3) is 0.438. The summed E-state index contributed by atoms with van der Waals surface area (Å²) >= 11 is 1.69. The third-order valence-electron chi connectivity index (χ3n) is 3.21. The monoisotopic (exact) mass is 324 g/mol. The van der Waals surface area contributed by atoms with Crippen molar-refractivity contribution < 1.29 is 23.7 Å². The van der Waals surface area contributed by atoms with Gasteiger partial charge in [0.05, 0.1) is 26.9 Å². The molecule has 0 amide bonds. The van der Waals surface area contributed by atoms with E-state index in [0.29, 0.717) is 28.4 Å². The van der Waals surface area contributed by atoms with Gasteiger partial charge in [-0.25, -0.2) is 4.79 Å². The zero-order chi connectivity index (χ0) is 16.1. The molecular weight excluding hydrogens is 304 g/mol. The number of benzene rings is 1. The van der Waals surface area contributed by atoms with Gasteiger partial charge in [0.25, 0.3) is 0 Å². The Morgan fingerprint density at radius 1 is 1.32 bits per heavy atom. The van der Waals surface area contributed by atoms with E-state index in [4.69, 9.17) is 18.9 Å². The zero-order valence-corrected chi connectivity index (χ0v) is 14.0. The molecule has 1 unspecified atom stereocenters. The molecule has 1 atom stereocenters. The van der Waals surface area contributed by atoms with Gasteiger partial charge >= 0.3 is 5.97 Å². The number of fused-ring (bicyclic) bond motifs is 1. The van der Waals surface area contributed by atoms with E-state index < -0.39 is 5.97 Å². The molecule has 0 spiro atoms. The van der Waals surface area contributed by atoms with Gasteiger partial charge in [0.1, 0.15) is 0 Å². The predicted molar refractivity (Wildman–Crippen MR) is 87.1 cm³/mol. The lowest BCUT2D eigenvalue weighted by Gasteiger charge is -2.25. The lowest BCUT2D eigenvalue weighted by Crippen LogP contribution is -2.17. The van der Waals surface area contributed by atoms with Crippen LogP contribution in [0.1, 0.15) is 29.3 Å². The van der Waals surface area contributed by atoms with E-state index in [-0.39, 0.29) is 5.44 Å². The zero-order valence-electron chi connectivity index (χ0n) is 13.2. The average Bonchev–Trinajstić information content (AvgIpc) is 2.57. The minimum absolute atomic E-state index is 0.112. The number of hydrogen-bond acceptors (Lipinski definition) is 6. The number of ether oxygens (including phenoxy) is 4. The minimum Gasteiger partial charge on any atom is -0.493 e. The lowest BCUT2D eigenvalue weighted by molar-refractivity contribution is 0.0599. The van der Waals surface area contributed by atoms with E-state index in [1.165, 1.54) is 14.2 Å². The SMILES string of the molecule is CCCSC1C=Cc2c(C(=O)OC)cc(OC)c(OC)c2O1. The number of carbonyl (C=O) groups excluding carboxylic acids is 1. The summed E-state index contributed by atoms with van der Waals surface area (Å²) in [5.74, 6) is 1.98.